The minimum Gasteiger partial charge on any atom is -0.383 e. The molecule has 1 aliphatic rings. The van der Waals surface area contributed by atoms with Gasteiger partial charge in [-0.2, -0.15) is 5.26 Å². The molecule has 0 aliphatic heterocycles. The van der Waals surface area contributed by atoms with Crippen LogP contribution in [0.15, 0.2) is 42.1 Å². The van der Waals surface area contributed by atoms with E-state index in [-0.39, 0.29) is 23.6 Å². The smallest absolute Gasteiger partial charge is 0.263 e. The van der Waals surface area contributed by atoms with Gasteiger partial charge in [-0.25, -0.2) is 0 Å². The maximum atomic E-state index is 12.0. The van der Waals surface area contributed by atoms with E-state index in [0.29, 0.717) is 0 Å². The molecule has 110 valence electrons. The fourth-order valence-electron chi connectivity index (χ4n) is 2.53. The van der Waals surface area contributed by atoms with E-state index in [1.54, 1.807) is 0 Å². The monoisotopic (exact) mass is 283 g/mol. The van der Waals surface area contributed by atoms with Crippen LogP contribution in [0, 0.1) is 11.3 Å². The van der Waals surface area contributed by atoms with Crippen molar-refractivity contribution in [1.29, 1.82) is 5.26 Å². The number of rotatable bonds is 5. The molecule has 0 aromatic heterocycles. The predicted octanol–water partition coefficient (Wildman–Crippen LogP) is 2.80. The van der Waals surface area contributed by atoms with Gasteiger partial charge in [0, 0.05) is 18.3 Å². The van der Waals surface area contributed by atoms with Crippen LogP contribution in [0.2, 0.25) is 0 Å². The minimum absolute atomic E-state index is 0.0498. The average molecular weight is 283 g/mol. The molecule has 1 fully saturated rings. The van der Waals surface area contributed by atoms with Crippen LogP contribution in [0.25, 0.3) is 0 Å². The van der Waals surface area contributed by atoms with Crippen LogP contribution in [-0.2, 0) is 4.79 Å². The van der Waals surface area contributed by atoms with Crippen molar-refractivity contribution < 1.29 is 4.79 Å². The van der Waals surface area contributed by atoms with Crippen LogP contribution in [0.5, 0.6) is 0 Å². The number of hydrogen-bond acceptors (Lipinski definition) is 3. The Morgan fingerprint density at radius 1 is 1.33 bits per heavy atom. The average Bonchev–Trinajstić information content (AvgIpc) is 3.01. The molecule has 2 N–H and O–H groups in total. The topological polar surface area (TPSA) is 64.9 Å². The van der Waals surface area contributed by atoms with Crippen molar-refractivity contribution >= 4 is 5.91 Å². The summed E-state index contributed by atoms with van der Waals surface area (Å²) in [6.45, 7) is 2.00. The second-order valence-corrected chi connectivity index (χ2v) is 5.42. The Morgan fingerprint density at radius 3 is 2.62 bits per heavy atom. The number of carbonyl (C=O) groups is 1. The first-order valence-electron chi connectivity index (χ1n) is 7.43. The molecule has 2 rings (SSSR count). The summed E-state index contributed by atoms with van der Waals surface area (Å²) in [5, 5.41) is 15.2. The highest BCUT2D eigenvalue weighted by atomic mass is 16.1. The second-order valence-electron chi connectivity index (χ2n) is 5.42. The lowest BCUT2D eigenvalue weighted by atomic mass is 10.1. The van der Waals surface area contributed by atoms with E-state index in [1.165, 1.54) is 6.20 Å². The lowest BCUT2D eigenvalue weighted by molar-refractivity contribution is -0.117. The zero-order valence-electron chi connectivity index (χ0n) is 12.3. The molecule has 1 amide bonds. The van der Waals surface area contributed by atoms with Crippen molar-refractivity contribution in [1.82, 2.24) is 10.6 Å². The molecule has 1 unspecified atom stereocenters. The van der Waals surface area contributed by atoms with Crippen LogP contribution >= 0.6 is 0 Å². The van der Waals surface area contributed by atoms with Gasteiger partial charge in [0.25, 0.3) is 5.91 Å². The third-order valence-electron chi connectivity index (χ3n) is 3.83. The first-order chi connectivity index (χ1) is 10.2. The first-order valence-corrected chi connectivity index (χ1v) is 7.43. The van der Waals surface area contributed by atoms with E-state index < -0.39 is 0 Å². The van der Waals surface area contributed by atoms with Crippen LogP contribution in [0.3, 0.4) is 0 Å². The van der Waals surface area contributed by atoms with Gasteiger partial charge in [-0.05, 0) is 25.3 Å². The lowest BCUT2D eigenvalue weighted by Crippen LogP contribution is -2.34. The number of amides is 1. The standard InChI is InChI=1S/C17H21N3O/c1-13(14-7-3-2-4-8-14)19-12-15(11-18)17(21)20-16-9-5-6-10-16/h2-4,7-8,12-13,16,19H,5-6,9-10H2,1H3,(H,20,21)/b15-12-. The zero-order valence-corrected chi connectivity index (χ0v) is 12.3. The summed E-state index contributed by atoms with van der Waals surface area (Å²) >= 11 is 0. The Kier molecular flexibility index (Phi) is 5.39. The summed E-state index contributed by atoms with van der Waals surface area (Å²) in [7, 11) is 0. The number of nitrogens with one attached hydrogen (secondary N) is 2. The van der Waals surface area contributed by atoms with Crippen molar-refractivity contribution in [2.24, 2.45) is 0 Å². The molecule has 0 heterocycles. The maximum Gasteiger partial charge on any atom is 0.263 e. The van der Waals surface area contributed by atoms with E-state index in [1.807, 2.05) is 43.3 Å². The lowest BCUT2D eigenvalue weighted by Gasteiger charge is -2.14. The highest BCUT2D eigenvalue weighted by Crippen LogP contribution is 2.18. The van der Waals surface area contributed by atoms with E-state index in [4.69, 9.17) is 5.26 Å². The van der Waals surface area contributed by atoms with E-state index in [0.717, 1.165) is 31.2 Å². The van der Waals surface area contributed by atoms with Crippen molar-refractivity contribution in [3.05, 3.63) is 47.7 Å². The number of nitrogens with zero attached hydrogens (tertiary/aromatic N) is 1. The second kappa shape index (κ2) is 7.49. The van der Waals surface area contributed by atoms with Gasteiger partial charge in [-0.1, -0.05) is 43.2 Å². The predicted molar refractivity (Wildman–Crippen MR) is 82.1 cm³/mol. The van der Waals surface area contributed by atoms with Crippen LogP contribution in [-0.4, -0.2) is 11.9 Å². The summed E-state index contributed by atoms with van der Waals surface area (Å²) in [6.07, 6.45) is 5.85. The summed E-state index contributed by atoms with van der Waals surface area (Å²) in [5.41, 5.74) is 1.24. The molecule has 1 aromatic carbocycles. The van der Waals surface area contributed by atoms with Gasteiger partial charge < -0.3 is 10.6 Å². The van der Waals surface area contributed by atoms with Crippen LogP contribution in [0.4, 0.5) is 0 Å². The molecule has 1 aromatic rings. The Labute approximate surface area is 125 Å². The summed E-state index contributed by atoms with van der Waals surface area (Å²) < 4.78 is 0. The number of carbonyl (C=O) groups excluding carboxylic acids is 1. The maximum absolute atomic E-state index is 12.0. The van der Waals surface area contributed by atoms with Gasteiger partial charge in [0.2, 0.25) is 0 Å². The molecule has 0 bridgehead atoms. The molecule has 4 heteroatoms. The van der Waals surface area contributed by atoms with Crippen molar-refractivity contribution in [2.45, 2.75) is 44.7 Å². The summed E-state index contributed by atoms with van der Waals surface area (Å²) in [5.74, 6) is -0.280. The van der Waals surface area contributed by atoms with Gasteiger partial charge in [0.1, 0.15) is 11.6 Å². The van der Waals surface area contributed by atoms with Gasteiger partial charge >= 0.3 is 0 Å². The minimum atomic E-state index is -0.280. The van der Waals surface area contributed by atoms with E-state index in [2.05, 4.69) is 10.6 Å². The van der Waals surface area contributed by atoms with Crippen molar-refractivity contribution in [3.63, 3.8) is 0 Å². The van der Waals surface area contributed by atoms with Gasteiger partial charge in [0.15, 0.2) is 0 Å². The van der Waals surface area contributed by atoms with Crippen molar-refractivity contribution in [3.8, 4) is 6.07 Å². The van der Waals surface area contributed by atoms with Crippen molar-refractivity contribution in [2.75, 3.05) is 0 Å². The Morgan fingerprint density at radius 2 is 2.00 bits per heavy atom. The molecular formula is C17H21N3O. The third-order valence-corrected chi connectivity index (χ3v) is 3.83. The largest absolute Gasteiger partial charge is 0.383 e. The molecule has 0 saturated heterocycles. The zero-order chi connectivity index (χ0) is 15.1. The quantitative estimate of drug-likeness (QED) is 0.645. The fraction of sp³-hybridized carbons (Fsp3) is 0.412. The number of nitriles is 1. The normalized spacial score (nSPS) is 17.0. The molecule has 21 heavy (non-hydrogen) atoms. The molecule has 0 spiro atoms. The molecule has 1 atom stereocenters. The van der Waals surface area contributed by atoms with Gasteiger partial charge in [-0.3, -0.25) is 4.79 Å². The fourth-order valence-corrected chi connectivity index (χ4v) is 2.53. The summed E-state index contributed by atoms with van der Waals surface area (Å²) in [6, 6.07) is 12.2. The highest BCUT2D eigenvalue weighted by molar-refractivity contribution is 5.97. The molecule has 4 nitrogen and oxygen atoms in total. The third kappa shape index (κ3) is 4.35. The first kappa shape index (κ1) is 15.1. The SMILES string of the molecule is CC(N/C=C(/C#N)C(=O)NC1CCCC1)c1ccccc1. The Bertz CT molecular complexity index is 539. The molecule has 1 aliphatic carbocycles. The Hall–Kier alpha value is -2.28. The number of benzene rings is 1. The van der Waals surface area contributed by atoms with Crippen LogP contribution < -0.4 is 10.6 Å². The van der Waals surface area contributed by atoms with Gasteiger partial charge in [-0.15, -0.1) is 0 Å². The van der Waals surface area contributed by atoms with E-state index in [9.17, 15) is 4.79 Å². The summed E-state index contributed by atoms with van der Waals surface area (Å²) in [4.78, 5) is 12.0. The van der Waals surface area contributed by atoms with Gasteiger partial charge in [0.05, 0.1) is 0 Å². The molecule has 1 saturated carbocycles. The van der Waals surface area contributed by atoms with E-state index >= 15 is 0 Å². The highest BCUT2D eigenvalue weighted by Gasteiger charge is 2.19. The molecular weight excluding hydrogens is 262 g/mol. The molecule has 0 radical (unpaired) electrons. The number of hydrogen-bond donors (Lipinski definition) is 2. The Balaban J connectivity index is 1.93. The van der Waals surface area contributed by atoms with Crippen LogP contribution in [0.1, 0.15) is 44.2 Å².